The maximum Gasteiger partial charge on any atom is 0.0772 e. The van der Waals surface area contributed by atoms with Crippen LogP contribution >= 0.6 is 54.5 Å². The van der Waals surface area contributed by atoms with E-state index in [1.807, 2.05) is 47.2 Å². The van der Waals surface area contributed by atoms with Gasteiger partial charge in [-0.15, -0.1) is 22.7 Å². The predicted molar refractivity (Wildman–Crippen MR) is 120 cm³/mol. The van der Waals surface area contributed by atoms with Crippen molar-refractivity contribution in [1.82, 2.24) is 0 Å². The second-order valence-corrected chi connectivity index (χ2v) is 9.00. The summed E-state index contributed by atoms with van der Waals surface area (Å²) in [6, 6.07) is 16.4. The topological polar surface area (TPSA) is 0 Å². The largest absolute Gasteiger partial charge is 0.135 e. The average Bonchev–Trinajstić information content (AvgIpc) is 3.34. The number of hydrogen-bond acceptors (Lipinski definition) is 2. The molecule has 4 rings (SSSR count). The van der Waals surface area contributed by atoms with Crippen LogP contribution in [-0.4, -0.2) is 0 Å². The van der Waals surface area contributed by atoms with E-state index >= 15 is 0 Å². The zero-order valence-corrected chi connectivity index (χ0v) is 18.2. The summed E-state index contributed by atoms with van der Waals surface area (Å²) in [6.07, 6.45) is 0. The van der Waals surface area contributed by atoms with Gasteiger partial charge >= 0.3 is 0 Å². The minimum Gasteiger partial charge on any atom is -0.135 e. The van der Waals surface area contributed by atoms with Gasteiger partial charge in [-0.2, -0.15) is 0 Å². The highest BCUT2D eigenvalue weighted by Gasteiger charge is 2.09. The summed E-state index contributed by atoms with van der Waals surface area (Å²) in [5.41, 5.74) is 1.98. The molecule has 124 valence electrons. The molecule has 0 unspecified atom stereocenters. The van der Waals surface area contributed by atoms with E-state index in [0.29, 0.717) is 0 Å². The number of benzene rings is 2. The fraction of sp³-hybridized carbons (Fsp3) is 0. The van der Waals surface area contributed by atoms with Gasteiger partial charge < -0.3 is 0 Å². The molecule has 0 aliphatic heterocycles. The number of rotatable bonds is 0. The molecule has 0 radical (unpaired) electrons. The van der Waals surface area contributed by atoms with Crippen molar-refractivity contribution in [2.75, 3.05) is 0 Å². The molecule has 0 amide bonds. The van der Waals surface area contributed by atoms with Gasteiger partial charge in [0.05, 0.1) is 9.75 Å². The zero-order valence-electron chi connectivity index (χ0n) is 13.3. The molecule has 4 aromatic rings. The van der Waals surface area contributed by atoms with E-state index < -0.39 is 0 Å². The Morgan fingerprint density at radius 3 is 1.42 bits per heavy atom. The van der Waals surface area contributed by atoms with Crippen LogP contribution in [0.5, 0.6) is 0 Å². The monoisotopic (exact) mass is 496 g/mol. The second kappa shape index (κ2) is 7.82. The zero-order chi connectivity index (χ0) is 17.9. The van der Waals surface area contributed by atoms with Gasteiger partial charge in [0.1, 0.15) is 0 Å². The van der Waals surface area contributed by atoms with Gasteiger partial charge in [-0.05, 0) is 77.7 Å². The highest BCUT2D eigenvalue weighted by Crippen LogP contribution is 2.32. The number of hydrogen-bond donors (Lipinski definition) is 0. The van der Waals surface area contributed by atoms with Crippen molar-refractivity contribution in [3.8, 4) is 23.7 Å². The Kier molecular flexibility index (Phi) is 5.29. The third-order valence-corrected chi connectivity index (χ3v) is 6.66. The molecule has 2 aromatic heterocycles. The fourth-order valence-electron chi connectivity index (χ4n) is 2.55. The van der Waals surface area contributed by atoms with Crippen molar-refractivity contribution in [3.05, 3.63) is 89.1 Å². The van der Waals surface area contributed by atoms with E-state index in [-0.39, 0.29) is 0 Å². The smallest absolute Gasteiger partial charge is 0.0772 e. The predicted octanol–water partition coefficient (Wildman–Crippen LogP) is 7.29. The summed E-state index contributed by atoms with van der Waals surface area (Å²) in [6.45, 7) is 0. The summed E-state index contributed by atoms with van der Waals surface area (Å²) >= 11 is 10.6. The average molecular weight is 498 g/mol. The molecule has 0 spiro atoms. The minimum absolute atomic E-state index is 0.988. The molecule has 4 heteroatoms. The molecule has 0 saturated heterocycles. The fourth-order valence-corrected chi connectivity index (χ4v) is 4.59. The van der Waals surface area contributed by atoms with E-state index in [9.17, 15) is 0 Å². The Hall–Kier alpha value is -1.82. The van der Waals surface area contributed by atoms with Crippen LogP contribution in [0.2, 0.25) is 0 Å². The Bertz CT molecular complexity index is 1100. The molecule has 0 aliphatic rings. The number of halogens is 2. The molecular formula is C22H10Br2S2. The third-order valence-electron chi connectivity index (χ3n) is 3.76. The second-order valence-electron chi connectivity index (χ2n) is 5.39. The highest BCUT2D eigenvalue weighted by atomic mass is 79.9. The maximum atomic E-state index is 3.65. The number of thiophene rings is 2. The van der Waals surface area contributed by atoms with Gasteiger partial charge in [-0.1, -0.05) is 47.9 Å². The molecule has 0 bridgehead atoms. The summed E-state index contributed by atoms with van der Waals surface area (Å²) in [5.74, 6) is 13.2. The van der Waals surface area contributed by atoms with Crippen LogP contribution in [0.4, 0.5) is 0 Å². The lowest BCUT2D eigenvalue weighted by atomic mass is 10.0. The molecule has 0 N–H and O–H groups in total. The van der Waals surface area contributed by atoms with Gasteiger partial charge in [-0.25, -0.2) is 0 Å². The van der Waals surface area contributed by atoms with Gasteiger partial charge in [0, 0.05) is 20.1 Å². The molecule has 0 aliphatic carbocycles. The first-order valence-electron chi connectivity index (χ1n) is 7.74. The third kappa shape index (κ3) is 3.65. The van der Waals surface area contributed by atoms with Crippen LogP contribution in [0.25, 0.3) is 10.8 Å². The van der Waals surface area contributed by atoms with E-state index in [1.54, 1.807) is 22.7 Å². The molecule has 2 heterocycles. The highest BCUT2D eigenvalue weighted by molar-refractivity contribution is 9.10. The minimum atomic E-state index is 0.988. The van der Waals surface area contributed by atoms with Crippen LogP contribution in [0, 0.1) is 23.7 Å². The lowest BCUT2D eigenvalue weighted by Crippen LogP contribution is -1.88. The Morgan fingerprint density at radius 2 is 1.04 bits per heavy atom. The number of fused-ring (bicyclic) bond motifs is 1. The normalized spacial score (nSPS) is 10.1. The summed E-state index contributed by atoms with van der Waals surface area (Å²) in [7, 11) is 0. The molecule has 0 nitrogen and oxygen atoms in total. The van der Waals surface area contributed by atoms with Crippen molar-refractivity contribution >= 4 is 65.3 Å². The van der Waals surface area contributed by atoms with Crippen molar-refractivity contribution in [1.29, 1.82) is 0 Å². The van der Waals surface area contributed by atoms with Crippen molar-refractivity contribution < 1.29 is 0 Å². The van der Waals surface area contributed by atoms with Gasteiger partial charge in [0.15, 0.2) is 0 Å². The Balaban J connectivity index is 1.89. The molecule has 2 aromatic carbocycles. The molecule has 0 saturated carbocycles. The molecular weight excluding hydrogens is 488 g/mol. The van der Waals surface area contributed by atoms with Gasteiger partial charge in [-0.3, -0.25) is 0 Å². The quantitative estimate of drug-likeness (QED) is 0.224. The van der Waals surface area contributed by atoms with Crippen LogP contribution < -0.4 is 0 Å². The first-order chi connectivity index (χ1) is 12.7. The maximum absolute atomic E-state index is 3.65. The summed E-state index contributed by atoms with van der Waals surface area (Å²) in [4.78, 5) is 2.12. The van der Waals surface area contributed by atoms with E-state index in [4.69, 9.17) is 0 Å². The summed E-state index contributed by atoms with van der Waals surface area (Å²) in [5, 5.41) is 6.28. The van der Waals surface area contributed by atoms with Gasteiger partial charge in [0.2, 0.25) is 0 Å². The molecule has 0 fully saturated rings. The first kappa shape index (κ1) is 17.6. The molecule has 0 atom stereocenters. The van der Waals surface area contributed by atoms with Crippen molar-refractivity contribution in [2.24, 2.45) is 0 Å². The Morgan fingerprint density at radius 1 is 0.577 bits per heavy atom. The lowest BCUT2D eigenvalue weighted by Gasteiger charge is -2.07. The lowest BCUT2D eigenvalue weighted by molar-refractivity contribution is 1.60. The van der Waals surface area contributed by atoms with Crippen LogP contribution in [0.3, 0.4) is 0 Å². The van der Waals surface area contributed by atoms with E-state index in [1.165, 1.54) is 0 Å². The van der Waals surface area contributed by atoms with Gasteiger partial charge in [0.25, 0.3) is 0 Å². The SMILES string of the molecule is Brc1ccc2c(C#Cc3cccs3)c(Br)ccc2c1C#Cc1cccs1. The van der Waals surface area contributed by atoms with E-state index in [0.717, 1.165) is 40.6 Å². The Labute approximate surface area is 177 Å². The van der Waals surface area contributed by atoms with Crippen molar-refractivity contribution in [2.45, 2.75) is 0 Å². The van der Waals surface area contributed by atoms with Crippen LogP contribution in [-0.2, 0) is 0 Å². The van der Waals surface area contributed by atoms with Crippen LogP contribution in [0.15, 0.2) is 68.2 Å². The first-order valence-corrected chi connectivity index (χ1v) is 11.1. The van der Waals surface area contributed by atoms with E-state index in [2.05, 4.69) is 67.7 Å². The standard InChI is InChI=1S/C22H10Br2S2/c23-21-11-10-18-17(19(21)7-5-15-3-1-13-25-15)9-12-22(24)20(18)8-6-16-4-2-14-26-16/h1-4,9-14H. The van der Waals surface area contributed by atoms with Crippen molar-refractivity contribution in [3.63, 3.8) is 0 Å². The summed E-state index contributed by atoms with van der Waals surface area (Å²) < 4.78 is 1.99. The molecule has 26 heavy (non-hydrogen) atoms. The van der Waals surface area contributed by atoms with Crippen LogP contribution in [0.1, 0.15) is 20.9 Å².